The Kier molecular flexibility index (Phi) is 5.96. The largest absolute Gasteiger partial charge is 0.446 e. The van der Waals surface area contributed by atoms with Crippen molar-refractivity contribution in [2.45, 2.75) is 44.8 Å². The van der Waals surface area contributed by atoms with E-state index in [2.05, 4.69) is 13.8 Å². The fourth-order valence-electron chi connectivity index (χ4n) is 4.82. The van der Waals surface area contributed by atoms with Gasteiger partial charge in [0.05, 0.1) is 6.04 Å². The number of ether oxygens (including phenoxy) is 1. The molecule has 2 heterocycles. The molecule has 31 heavy (non-hydrogen) atoms. The number of hydrogen-bond acceptors (Lipinski definition) is 4. The molecule has 1 amide bonds. The Morgan fingerprint density at radius 1 is 1.10 bits per heavy atom. The van der Waals surface area contributed by atoms with Crippen LogP contribution in [0.1, 0.15) is 37.8 Å². The molecule has 0 bridgehead atoms. The van der Waals surface area contributed by atoms with Crippen LogP contribution in [0.5, 0.6) is 0 Å². The van der Waals surface area contributed by atoms with Gasteiger partial charge >= 0.3 is 5.97 Å². The van der Waals surface area contributed by atoms with E-state index >= 15 is 0 Å². The molecule has 2 aromatic carbocycles. The van der Waals surface area contributed by atoms with Crippen LogP contribution in [-0.2, 0) is 26.3 Å². The molecule has 2 atom stereocenters. The molecule has 2 N–H and O–H groups in total. The quantitative estimate of drug-likeness (QED) is 0.728. The summed E-state index contributed by atoms with van der Waals surface area (Å²) >= 11 is 0. The van der Waals surface area contributed by atoms with E-state index < -0.39 is 11.6 Å². The topological polar surface area (TPSA) is 72.6 Å². The summed E-state index contributed by atoms with van der Waals surface area (Å²) in [6.45, 7) is 5.11. The van der Waals surface area contributed by atoms with Crippen LogP contribution in [0.15, 0.2) is 71.8 Å². The Balaban J connectivity index is 1.61. The highest BCUT2D eigenvalue weighted by Gasteiger charge is 2.51. The monoisotopic (exact) mass is 418 g/mol. The second-order valence-corrected chi connectivity index (χ2v) is 8.94. The molecule has 0 fully saturated rings. The van der Waals surface area contributed by atoms with Crippen LogP contribution in [0.3, 0.4) is 0 Å². The minimum Gasteiger partial charge on any atom is -0.446 e. The van der Waals surface area contributed by atoms with Crippen molar-refractivity contribution in [3.63, 3.8) is 0 Å². The number of nitrogens with two attached hydrogens (primary N) is 1. The Morgan fingerprint density at radius 3 is 2.39 bits per heavy atom. The molecule has 0 aromatic heterocycles. The van der Waals surface area contributed by atoms with Crippen LogP contribution in [-0.4, -0.2) is 35.9 Å². The molecular formula is C26H30N2O3. The lowest BCUT2D eigenvalue weighted by Crippen LogP contribution is -2.49. The van der Waals surface area contributed by atoms with Gasteiger partial charge in [0, 0.05) is 24.2 Å². The third kappa shape index (κ3) is 4.15. The van der Waals surface area contributed by atoms with E-state index in [0.29, 0.717) is 38.3 Å². The maximum atomic E-state index is 13.2. The first-order chi connectivity index (χ1) is 14.9. The number of benzene rings is 2. The fraction of sp³-hybridized carbons (Fsp3) is 0.385. The van der Waals surface area contributed by atoms with Crippen LogP contribution < -0.4 is 5.73 Å². The summed E-state index contributed by atoms with van der Waals surface area (Å²) < 4.78 is 6.09. The van der Waals surface area contributed by atoms with E-state index in [1.807, 2.05) is 60.7 Å². The zero-order chi connectivity index (χ0) is 22.0. The van der Waals surface area contributed by atoms with Gasteiger partial charge in [0.25, 0.3) is 0 Å². The van der Waals surface area contributed by atoms with Crippen molar-refractivity contribution < 1.29 is 14.3 Å². The lowest BCUT2D eigenvalue weighted by atomic mass is 9.77. The van der Waals surface area contributed by atoms with E-state index in [4.69, 9.17) is 10.5 Å². The van der Waals surface area contributed by atoms with Gasteiger partial charge in [-0.3, -0.25) is 4.79 Å². The highest BCUT2D eigenvalue weighted by atomic mass is 16.6. The van der Waals surface area contributed by atoms with Crippen molar-refractivity contribution in [1.29, 1.82) is 0 Å². The third-order valence-corrected chi connectivity index (χ3v) is 6.21. The molecule has 2 aliphatic rings. The maximum Gasteiger partial charge on any atom is 0.335 e. The summed E-state index contributed by atoms with van der Waals surface area (Å²) in [5.41, 5.74) is 9.13. The summed E-state index contributed by atoms with van der Waals surface area (Å²) in [6, 6.07) is 19.1. The highest BCUT2D eigenvalue weighted by molar-refractivity contribution is 5.94. The minimum atomic E-state index is -0.815. The average Bonchev–Trinajstić information content (AvgIpc) is 3.06. The predicted molar refractivity (Wildman–Crippen MR) is 120 cm³/mol. The van der Waals surface area contributed by atoms with Crippen LogP contribution >= 0.6 is 0 Å². The van der Waals surface area contributed by atoms with E-state index in [0.717, 1.165) is 22.3 Å². The summed E-state index contributed by atoms with van der Waals surface area (Å²) in [7, 11) is 0. The van der Waals surface area contributed by atoms with Crippen molar-refractivity contribution in [1.82, 2.24) is 4.90 Å². The number of carbonyl (C=O) groups is 2. The Bertz CT molecular complexity index is 984. The first kappa shape index (κ1) is 21.3. The van der Waals surface area contributed by atoms with Gasteiger partial charge in [-0.05, 0) is 36.3 Å². The molecule has 0 spiro atoms. The van der Waals surface area contributed by atoms with Crippen LogP contribution in [0.2, 0.25) is 0 Å². The van der Waals surface area contributed by atoms with E-state index in [-0.39, 0.29) is 11.9 Å². The van der Waals surface area contributed by atoms with Crippen molar-refractivity contribution >= 4 is 11.9 Å². The van der Waals surface area contributed by atoms with Gasteiger partial charge in [-0.15, -0.1) is 0 Å². The molecule has 2 unspecified atom stereocenters. The molecule has 0 radical (unpaired) electrons. The summed E-state index contributed by atoms with van der Waals surface area (Å²) in [4.78, 5) is 27.8. The van der Waals surface area contributed by atoms with Gasteiger partial charge in [-0.2, -0.15) is 0 Å². The lowest BCUT2D eigenvalue weighted by molar-refractivity contribution is -0.149. The molecular weight excluding hydrogens is 388 g/mol. The number of rotatable bonds is 6. The normalized spacial score (nSPS) is 21.8. The zero-order valence-corrected chi connectivity index (χ0v) is 18.2. The van der Waals surface area contributed by atoms with Gasteiger partial charge in [0.15, 0.2) is 5.60 Å². The summed E-state index contributed by atoms with van der Waals surface area (Å²) in [5, 5.41) is 0. The van der Waals surface area contributed by atoms with Crippen LogP contribution in [0.25, 0.3) is 0 Å². The van der Waals surface area contributed by atoms with Crippen molar-refractivity contribution in [3.05, 3.63) is 82.9 Å². The Labute approximate surface area is 183 Å². The number of amides is 1. The van der Waals surface area contributed by atoms with Gasteiger partial charge < -0.3 is 15.4 Å². The molecule has 5 nitrogen and oxygen atoms in total. The fourth-order valence-corrected chi connectivity index (χ4v) is 4.82. The number of hydrogen-bond donors (Lipinski definition) is 1. The van der Waals surface area contributed by atoms with Gasteiger partial charge in [-0.25, -0.2) is 4.79 Å². The van der Waals surface area contributed by atoms with Crippen molar-refractivity contribution in [2.24, 2.45) is 11.7 Å². The van der Waals surface area contributed by atoms with Gasteiger partial charge in [0.2, 0.25) is 5.91 Å². The number of cyclic esters (lactones) is 1. The third-order valence-electron chi connectivity index (χ3n) is 6.21. The first-order valence-electron chi connectivity index (χ1n) is 11.0. The zero-order valence-electron chi connectivity index (χ0n) is 18.2. The van der Waals surface area contributed by atoms with Crippen LogP contribution in [0, 0.1) is 5.92 Å². The second kappa shape index (κ2) is 8.67. The lowest BCUT2D eigenvalue weighted by Gasteiger charge is -2.37. The SMILES string of the molecule is CC(C)CC1(c2ccccc2)OC(=O)C2=C1CN(C(=O)C(N)Cc1ccccc1)CC2. The summed E-state index contributed by atoms with van der Waals surface area (Å²) in [5.74, 6) is -0.0206. The Morgan fingerprint density at radius 2 is 1.74 bits per heavy atom. The number of carbonyl (C=O) groups excluding carboxylic acids is 2. The molecule has 2 aromatic rings. The molecule has 2 aliphatic heterocycles. The van der Waals surface area contributed by atoms with E-state index in [9.17, 15) is 9.59 Å². The smallest absolute Gasteiger partial charge is 0.335 e. The molecule has 4 rings (SSSR count). The van der Waals surface area contributed by atoms with E-state index in [1.54, 1.807) is 4.90 Å². The highest BCUT2D eigenvalue weighted by Crippen LogP contribution is 2.48. The molecule has 0 saturated carbocycles. The Hall–Kier alpha value is -2.92. The van der Waals surface area contributed by atoms with E-state index in [1.165, 1.54) is 0 Å². The van der Waals surface area contributed by atoms with Crippen LogP contribution in [0.4, 0.5) is 0 Å². The van der Waals surface area contributed by atoms with Crippen molar-refractivity contribution in [3.8, 4) is 0 Å². The minimum absolute atomic E-state index is 0.0822. The average molecular weight is 419 g/mol. The number of esters is 1. The van der Waals surface area contributed by atoms with Gasteiger partial charge in [0.1, 0.15) is 0 Å². The number of nitrogens with zero attached hydrogens (tertiary/aromatic N) is 1. The van der Waals surface area contributed by atoms with Crippen molar-refractivity contribution in [2.75, 3.05) is 13.1 Å². The molecule has 0 aliphatic carbocycles. The standard InChI is InChI=1S/C26H30N2O3/c1-18(2)16-26(20-11-7-4-8-12-20)22-17-28(14-13-21(22)25(30)31-26)24(29)23(27)15-19-9-5-3-6-10-19/h3-12,18,23H,13-17,27H2,1-2H3. The maximum absolute atomic E-state index is 13.2. The molecule has 162 valence electrons. The summed E-state index contributed by atoms with van der Waals surface area (Å²) in [6.07, 6.45) is 1.68. The van der Waals surface area contributed by atoms with Gasteiger partial charge in [-0.1, -0.05) is 74.5 Å². The molecule has 0 saturated heterocycles. The predicted octanol–water partition coefficient (Wildman–Crippen LogP) is 3.58. The molecule has 5 heteroatoms. The second-order valence-electron chi connectivity index (χ2n) is 8.94. The first-order valence-corrected chi connectivity index (χ1v) is 11.0.